The van der Waals surface area contributed by atoms with E-state index < -0.39 is 15.9 Å². The van der Waals surface area contributed by atoms with Gasteiger partial charge in [-0.25, -0.2) is 13.8 Å². The number of sulfonamides is 1. The van der Waals surface area contributed by atoms with Gasteiger partial charge in [0.2, 0.25) is 0 Å². The summed E-state index contributed by atoms with van der Waals surface area (Å²) in [4.78, 5) is 15.5. The zero-order valence-corrected chi connectivity index (χ0v) is 17.6. The zero-order chi connectivity index (χ0) is 21.8. The number of aromatic amines is 1. The largest absolute Gasteiger partial charge is 0.361 e. The molecule has 3 aromatic carbocycles. The topological polar surface area (TPSA) is 103 Å². The molecule has 31 heavy (non-hydrogen) atoms. The third-order valence-electron chi connectivity index (χ3n) is 4.51. The Morgan fingerprint density at radius 1 is 0.968 bits per heavy atom. The highest BCUT2D eigenvalue weighted by Crippen LogP contribution is 2.19. The second kappa shape index (κ2) is 8.63. The number of aromatic nitrogens is 1. The predicted molar refractivity (Wildman–Crippen MR) is 122 cm³/mol. The maximum atomic E-state index is 12.4. The average Bonchev–Trinajstić information content (AvgIpc) is 3.17. The molecule has 4 aromatic rings. The molecule has 0 spiro atoms. The summed E-state index contributed by atoms with van der Waals surface area (Å²) in [5, 5.41) is 5.45. The maximum Gasteiger partial charge on any atom is 0.271 e. The number of carbonyl (C=O) groups is 1. The summed E-state index contributed by atoms with van der Waals surface area (Å²) < 4.78 is 27.3. The fourth-order valence-corrected chi connectivity index (χ4v) is 4.13. The van der Waals surface area contributed by atoms with Gasteiger partial charge in [0.25, 0.3) is 15.9 Å². The lowest BCUT2D eigenvalue weighted by Crippen LogP contribution is -2.18. The molecule has 9 heteroatoms. The first-order chi connectivity index (χ1) is 14.9. The van der Waals surface area contributed by atoms with Crippen LogP contribution in [0.2, 0.25) is 5.02 Å². The first kappa shape index (κ1) is 20.6. The molecule has 0 fully saturated rings. The van der Waals surface area contributed by atoms with E-state index in [9.17, 15) is 13.2 Å². The molecule has 0 aliphatic rings. The van der Waals surface area contributed by atoms with E-state index in [1.165, 1.54) is 48.5 Å². The van der Waals surface area contributed by atoms with Crippen molar-refractivity contribution < 1.29 is 13.2 Å². The van der Waals surface area contributed by atoms with Gasteiger partial charge in [-0.05, 0) is 54.6 Å². The van der Waals surface area contributed by atoms with Crippen LogP contribution in [0.15, 0.2) is 89.0 Å². The van der Waals surface area contributed by atoms with Gasteiger partial charge in [0.05, 0.1) is 11.1 Å². The van der Waals surface area contributed by atoms with Crippen LogP contribution in [0.3, 0.4) is 0 Å². The summed E-state index contributed by atoms with van der Waals surface area (Å²) in [6.07, 6.45) is 3.37. The molecule has 1 heterocycles. The van der Waals surface area contributed by atoms with Gasteiger partial charge in [0.15, 0.2) is 0 Å². The molecule has 156 valence electrons. The molecule has 3 N–H and O–H groups in total. The van der Waals surface area contributed by atoms with Crippen LogP contribution in [0.1, 0.15) is 15.9 Å². The Morgan fingerprint density at radius 2 is 1.68 bits per heavy atom. The molecule has 0 aliphatic carbocycles. The van der Waals surface area contributed by atoms with E-state index in [1.807, 2.05) is 30.5 Å². The van der Waals surface area contributed by atoms with E-state index in [-0.39, 0.29) is 4.90 Å². The van der Waals surface area contributed by atoms with Crippen molar-refractivity contribution in [2.45, 2.75) is 4.90 Å². The van der Waals surface area contributed by atoms with E-state index in [0.29, 0.717) is 16.3 Å². The number of nitrogens with zero attached hydrogens (tertiary/aromatic N) is 1. The van der Waals surface area contributed by atoms with Crippen LogP contribution >= 0.6 is 11.6 Å². The van der Waals surface area contributed by atoms with Gasteiger partial charge in [-0.2, -0.15) is 5.10 Å². The molecule has 0 saturated carbocycles. The van der Waals surface area contributed by atoms with Crippen LogP contribution < -0.4 is 10.1 Å². The summed E-state index contributed by atoms with van der Waals surface area (Å²) in [5.74, 6) is -0.414. The number of hydrogen-bond acceptors (Lipinski definition) is 4. The third kappa shape index (κ3) is 4.76. The Balaban J connectivity index is 1.40. The number of carbonyl (C=O) groups excluding carboxylic acids is 1. The summed E-state index contributed by atoms with van der Waals surface area (Å²) in [6.45, 7) is 0. The number of amides is 1. The minimum Gasteiger partial charge on any atom is -0.361 e. The highest BCUT2D eigenvalue weighted by atomic mass is 35.5. The molecule has 0 saturated heterocycles. The normalized spacial score (nSPS) is 11.6. The highest BCUT2D eigenvalue weighted by molar-refractivity contribution is 7.92. The molecular weight excluding hydrogens is 436 g/mol. The Labute approximate surface area is 183 Å². The number of benzene rings is 3. The fraction of sp³-hybridized carbons (Fsp3) is 0. The van der Waals surface area contributed by atoms with Crippen molar-refractivity contribution in [2.75, 3.05) is 4.72 Å². The summed E-state index contributed by atoms with van der Waals surface area (Å²) in [5.41, 5.74) is 4.96. The Morgan fingerprint density at radius 3 is 2.42 bits per heavy atom. The number of fused-ring (bicyclic) bond motifs is 1. The van der Waals surface area contributed by atoms with E-state index in [2.05, 4.69) is 20.2 Å². The summed E-state index contributed by atoms with van der Waals surface area (Å²) in [6, 6.07) is 19.6. The third-order valence-corrected chi connectivity index (χ3v) is 6.16. The van der Waals surface area contributed by atoms with Gasteiger partial charge >= 0.3 is 0 Å². The van der Waals surface area contributed by atoms with E-state index >= 15 is 0 Å². The number of anilines is 1. The number of hydrogen-bond donors (Lipinski definition) is 3. The van der Waals surface area contributed by atoms with Crippen LogP contribution in [-0.2, 0) is 10.0 Å². The molecule has 0 atom stereocenters. The van der Waals surface area contributed by atoms with Crippen LogP contribution in [0.5, 0.6) is 0 Å². The van der Waals surface area contributed by atoms with E-state index in [1.54, 1.807) is 6.21 Å². The minimum absolute atomic E-state index is 0.0883. The van der Waals surface area contributed by atoms with Crippen LogP contribution in [0.4, 0.5) is 5.69 Å². The molecular formula is C22H17ClN4O3S. The first-order valence-electron chi connectivity index (χ1n) is 9.20. The van der Waals surface area contributed by atoms with Crippen molar-refractivity contribution in [3.63, 3.8) is 0 Å². The first-order valence-corrected chi connectivity index (χ1v) is 11.1. The molecule has 0 bridgehead atoms. The van der Waals surface area contributed by atoms with Crippen LogP contribution in [0.25, 0.3) is 10.9 Å². The van der Waals surface area contributed by atoms with Gasteiger partial charge in [-0.1, -0.05) is 29.8 Å². The molecule has 7 nitrogen and oxygen atoms in total. The van der Waals surface area contributed by atoms with Crippen molar-refractivity contribution in [3.05, 3.63) is 95.1 Å². The van der Waals surface area contributed by atoms with E-state index in [0.717, 1.165) is 16.5 Å². The van der Waals surface area contributed by atoms with Crippen molar-refractivity contribution >= 4 is 50.3 Å². The molecule has 1 amide bonds. The molecule has 1 aromatic heterocycles. The highest BCUT2D eigenvalue weighted by Gasteiger charge is 2.14. The monoisotopic (exact) mass is 452 g/mol. The van der Waals surface area contributed by atoms with Gasteiger partial charge in [0.1, 0.15) is 0 Å². The minimum atomic E-state index is -3.76. The number of nitrogens with one attached hydrogen (secondary N) is 3. The number of hydrazone groups is 1. The summed E-state index contributed by atoms with van der Waals surface area (Å²) >= 11 is 5.80. The molecule has 4 rings (SSSR count). The predicted octanol–water partition coefficient (Wildman–Crippen LogP) is 4.39. The van der Waals surface area contributed by atoms with E-state index in [4.69, 9.17) is 11.6 Å². The summed E-state index contributed by atoms with van der Waals surface area (Å²) in [7, 11) is -3.76. The van der Waals surface area contributed by atoms with Crippen LogP contribution in [0, 0.1) is 0 Å². The van der Waals surface area contributed by atoms with Crippen molar-refractivity contribution in [1.82, 2.24) is 10.4 Å². The van der Waals surface area contributed by atoms with Gasteiger partial charge in [0, 0.05) is 38.9 Å². The average molecular weight is 453 g/mol. The van der Waals surface area contributed by atoms with Gasteiger partial charge < -0.3 is 4.98 Å². The van der Waals surface area contributed by atoms with Crippen molar-refractivity contribution in [2.24, 2.45) is 5.10 Å². The number of halogens is 1. The molecule has 0 unspecified atom stereocenters. The second-order valence-electron chi connectivity index (χ2n) is 6.63. The van der Waals surface area contributed by atoms with Crippen molar-refractivity contribution in [1.29, 1.82) is 0 Å². The SMILES string of the molecule is O=C(N/N=C\c1c[nH]c2ccccc12)c1ccc(NS(=O)(=O)c2ccc(Cl)cc2)cc1. The molecule has 0 radical (unpaired) electrons. The smallest absolute Gasteiger partial charge is 0.271 e. The quantitative estimate of drug-likeness (QED) is 0.298. The van der Waals surface area contributed by atoms with Gasteiger partial charge in [-0.15, -0.1) is 0 Å². The Hall–Kier alpha value is -3.62. The number of rotatable bonds is 6. The zero-order valence-electron chi connectivity index (χ0n) is 16.0. The number of para-hydroxylation sites is 1. The lowest BCUT2D eigenvalue weighted by Gasteiger charge is -2.08. The molecule has 0 aliphatic heterocycles. The lowest BCUT2D eigenvalue weighted by atomic mass is 10.2. The Kier molecular flexibility index (Phi) is 5.75. The lowest BCUT2D eigenvalue weighted by molar-refractivity contribution is 0.0955. The second-order valence-corrected chi connectivity index (χ2v) is 8.74. The maximum absolute atomic E-state index is 12.4. The fourth-order valence-electron chi connectivity index (χ4n) is 2.94. The Bertz CT molecular complexity index is 1360. The van der Waals surface area contributed by atoms with Crippen molar-refractivity contribution in [3.8, 4) is 0 Å². The standard InChI is InChI=1S/C22H17ClN4O3S/c23-17-7-11-19(12-8-17)31(29,30)27-18-9-5-15(6-10-18)22(28)26-25-14-16-13-24-21-4-2-1-3-20(16)21/h1-14,24,27H,(H,26,28)/b25-14-. The number of H-pyrrole nitrogens is 1. The van der Waals surface area contributed by atoms with Crippen LogP contribution in [-0.4, -0.2) is 25.5 Å². The van der Waals surface area contributed by atoms with Gasteiger partial charge in [-0.3, -0.25) is 9.52 Å².